The molecule has 5 heteroatoms. The number of hydrogen-bond donors (Lipinski definition) is 1. The number of carbonyl (C=O) groups is 1. The van der Waals surface area contributed by atoms with Gasteiger partial charge in [0.2, 0.25) is 6.79 Å². The monoisotopic (exact) mass is 235 g/mol. The number of rotatable bonds is 4. The van der Waals surface area contributed by atoms with Crippen molar-refractivity contribution in [2.75, 3.05) is 13.3 Å². The standard InChI is InChI=1S/C12H13NO4/c14-12(15)13(7-11-8-16-9-17-11)6-10-4-2-1-3-5-10/h1-5,8H,6-7,9H2,(H,14,15). The number of nitrogens with zero attached hydrogens (tertiary/aromatic N) is 1. The van der Waals surface area contributed by atoms with E-state index in [2.05, 4.69) is 0 Å². The van der Waals surface area contributed by atoms with Crippen LogP contribution < -0.4 is 0 Å². The van der Waals surface area contributed by atoms with E-state index in [4.69, 9.17) is 14.6 Å². The Labute approximate surface area is 98.9 Å². The first-order valence-corrected chi connectivity index (χ1v) is 5.21. The van der Waals surface area contributed by atoms with E-state index in [0.717, 1.165) is 5.56 Å². The highest BCUT2D eigenvalue weighted by Crippen LogP contribution is 2.11. The second-order valence-electron chi connectivity index (χ2n) is 3.64. The zero-order valence-electron chi connectivity index (χ0n) is 9.20. The van der Waals surface area contributed by atoms with E-state index < -0.39 is 6.09 Å². The SMILES string of the molecule is O=C(O)N(CC1=COCO1)Cc1ccccc1. The van der Waals surface area contributed by atoms with Crippen LogP contribution >= 0.6 is 0 Å². The van der Waals surface area contributed by atoms with Gasteiger partial charge < -0.3 is 14.6 Å². The average molecular weight is 235 g/mol. The second-order valence-corrected chi connectivity index (χ2v) is 3.64. The molecule has 1 aromatic carbocycles. The van der Waals surface area contributed by atoms with Gasteiger partial charge >= 0.3 is 6.09 Å². The third-order valence-electron chi connectivity index (χ3n) is 2.36. The van der Waals surface area contributed by atoms with Crippen molar-refractivity contribution >= 4 is 6.09 Å². The molecule has 0 saturated heterocycles. The van der Waals surface area contributed by atoms with Crippen LogP contribution in [0.2, 0.25) is 0 Å². The van der Waals surface area contributed by atoms with Gasteiger partial charge in [-0.2, -0.15) is 0 Å². The molecule has 1 amide bonds. The largest absolute Gasteiger partial charge is 0.465 e. The van der Waals surface area contributed by atoms with Crippen molar-refractivity contribution in [1.29, 1.82) is 0 Å². The Balaban J connectivity index is 2.00. The minimum Gasteiger partial charge on any atom is -0.465 e. The number of carboxylic acid groups (broad SMARTS) is 1. The van der Waals surface area contributed by atoms with Crippen LogP contribution in [0.1, 0.15) is 5.56 Å². The fourth-order valence-corrected chi connectivity index (χ4v) is 1.54. The second kappa shape index (κ2) is 5.25. The summed E-state index contributed by atoms with van der Waals surface area (Å²) in [6, 6.07) is 9.42. The molecule has 1 aromatic rings. The predicted molar refractivity (Wildman–Crippen MR) is 60.0 cm³/mol. The molecule has 1 heterocycles. The minimum absolute atomic E-state index is 0.161. The summed E-state index contributed by atoms with van der Waals surface area (Å²) < 4.78 is 9.99. The molecule has 0 atom stereocenters. The molecule has 0 radical (unpaired) electrons. The quantitative estimate of drug-likeness (QED) is 0.867. The summed E-state index contributed by atoms with van der Waals surface area (Å²) in [6.45, 7) is 0.690. The van der Waals surface area contributed by atoms with Crippen LogP contribution in [0.3, 0.4) is 0 Å². The van der Waals surface area contributed by atoms with Gasteiger partial charge in [-0.1, -0.05) is 30.3 Å². The first kappa shape index (κ1) is 11.3. The van der Waals surface area contributed by atoms with Crippen molar-refractivity contribution in [3.8, 4) is 0 Å². The smallest absolute Gasteiger partial charge is 0.408 e. The Morgan fingerprint density at radius 3 is 2.65 bits per heavy atom. The van der Waals surface area contributed by atoms with E-state index >= 15 is 0 Å². The van der Waals surface area contributed by atoms with Crippen LogP contribution in [0.5, 0.6) is 0 Å². The molecule has 1 N–H and O–H groups in total. The maximum absolute atomic E-state index is 11.1. The molecule has 0 aliphatic carbocycles. The number of amides is 1. The first-order chi connectivity index (χ1) is 8.25. The zero-order valence-corrected chi connectivity index (χ0v) is 9.20. The summed E-state index contributed by atoms with van der Waals surface area (Å²) in [7, 11) is 0. The molecule has 0 spiro atoms. The Bertz CT molecular complexity index is 416. The van der Waals surface area contributed by atoms with E-state index in [0.29, 0.717) is 12.3 Å². The van der Waals surface area contributed by atoms with Crippen LogP contribution in [0.15, 0.2) is 42.4 Å². The summed E-state index contributed by atoms with van der Waals surface area (Å²) in [5.41, 5.74) is 0.939. The van der Waals surface area contributed by atoms with Gasteiger partial charge in [0.05, 0.1) is 6.54 Å². The van der Waals surface area contributed by atoms with Crippen LogP contribution in [0.4, 0.5) is 4.79 Å². The summed E-state index contributed by atoms with van der Waals surface area (Å²) in [4.78, 5) is 12.4. The van der Waals surface area contributed by atoms with Crippen molar-refractivity contribution in [1.82, 2.24) is 4.90 Å². The maximum atomic E-state index is 11.1. The third-order valence-corrected chi connectivity index (χ3v) is 2.36. The van der Waals surface area contributed by atoms with Crippen LogP contribution in [0.25, 0.3) is 0 Å². The van der Waals surface area contributed by atoms with E-state index in [-0.39, 0.29) is 13.3 Å². The third kappa shape index (κ3) is 3.14. The average Bonchev–Trinajstić information content (AvgIpc) is 2.82. The molecule has 0 fully saturated rings. The van der Waals surface area contributed by atoms with E-state index in [1.807, 2.05) is 30.3 Å². The van der Waals surface area contributed by atoms with E-state index in [1.165, 1.54) is 11.2 Å². The Hall–Kier alpha value is -2.17. The van der Waals surface area contributed by atoms with E-state index in [1.54, 1.807) is 0 Å². The fourth-order valence-electron chi connectivity index (χ4n) is 1.54. The Morgan fingerprint density at radius 2 is 2.06 bits per heavy atom. The maximum Gasteiger partial charge on any atom is 0.408 e. The topological polar surface area (TPSA) is 59.0 Å². The van der Waals surface area contributed by atoms with Crippen LogP contribution in [0, 0.1) is 0 Å². The van der Waals surface area contributed by atoms with Crippen molar-refractivity contribution < 1.29 is 19.4 Å². The molecule has 90 valence electrons. The van der Waals surface area contributed by atoms with Gasteiger partial charge in [-0.25, -0.2) is 4.79 Å². The van der Waals surface area contributed by atoms with Crippen molar-refractivity contribution in [2.45, 2.75) is 6.54 Å². The van der Waals surface area contributed by atoms with Crippen molar-refractivity contribution in [3.05, 3.63) is 47.9 Å². The Morgan fingerprint density at radius 1 is 1.29 bits per heavy atom. The highest BCUT2D eigenvalue weighted by Gasteiger charge is 2.17. The molecule has 17 heavy (non-hydrogen) atoms. The first-order valence-electron chi connectivity index (χ1n) is 5.21. The van der Waals surface area contributed by atoms with Gasteiger partial charge in [-0.3, -0.25) is 4.90 Å². The lowest BCUT2D eigenvalue weighted by atomic mass is 10.2. The lowest BCUT2D eigenvalue weighted by molar-refractivity contribution is 0.0708. The molecule has 2 rings (SSSR count). The molecule has 1 aliphatic heterocycles. The summed E-state index contributed by atoms with van der Waals surface area (Å²) >= 11 is 0. The number of benzene rings is 1. The molecule has 0 saturated carbocycles. The highest BCUT2D eigenvalue weighted by atomic mass is 16.7. The molecular formula is C12H13NO4. The van der Waals surface area contributed by atoms with Gasteiger partial charge in [0, 0.05) is 6.54 Å². The molecule has 5 nitrogen and oxygen atoms in total. The van der Waals surface area contributed by atoms with Gasteiger partial charge in [0.1, 0.15) is 6.26 Å². The van der Waals surface area contributed by atoms with Gasteiger partial charge in [0.25, 0.3) is 0 Å². The van der Waals surface area contributed by atoms with Crippen LogP contribution in [-0.4, -0.2) is 29.4 Å². The molecule has 0 aromatic heterocycles. The zero-order chi connectivity index (χ0) is 12.1. The molecular weight excluding hydrogens is 222 g/mol. The van der Waals surface area contributed by atoms with Crippen molar-refractivity contribution in [3.63, 3.8) is 0 Å². The Kier molecular flexibility index (Phi) is 3.49. The van der Waals surface area contributed by atoms with E-state index in [9.17, 15) is 4.79 Å². The predicted octanol–water partition coefficient (Wildman–Crippen LogP) is 2.01. The minimum atomic E-state index is -0.981. The molecule has 0 bridgehead atoms. The summed E-state index contributed by atoms with van der Waals surface area (Å²) in [5.74, 6) is 0.531. The van der Waals surface area contributed by atoms with Gasteiger partial charge in [-0.15, -0.1) is 0 Å². The highest BCUT2D eigenvalue weighted by molar-refractivity contribution is 5.65. The van der Waals surface area contributed by atoms with Crippen molar-refractivity contribution in [2.24, 2.45) is 0 Å². The lowest BCUT2D eigenvalue weighted by Gasteiger charge is -2.18. The van der Waals surface area contributed by atoms with Gasteiger partial charge in [-0.05, 0) is 5.56 Å². The summed E-state index contributed by atoms with van der Waals surface area (Å²) in [6.07, 6.45) is 0.464. The summed E-state index contributed by atoms with van der Waals surface area (Å²) in [5, 5.41) is 9.10. The van der Waals surface area contributed by atoms with Crippen LogP contribution in [-0.2, 0) is 16.0 Å². The molecule has 0 unspecified atom stereocenters. The number of ether oxygens (including phenoxy) is 2. The lowest BCUT2D eigenvalue weighted by Crippen LogP contribution is -2.31. The van der Waals surface area contributed by atoms with Gasteiger partial charge in [0.15, 0.2) is 5.76 Å². The number of hydrogen-bond acceptors (Lipinski definition) is 3. The fraction of sp³-hybridized carbons (Fsp3) is 0.250. The molecule has 1 aliphatic rings. The normalized spacial score (nSPS) is 13.5.